The zero-order chi connectivity index (χ0) is 17.8. The van der Waals surface area contributed by atoms with E-state index in [0.29, 0.717) is 13.1 Å². The minimum atomic E-state index is -0.768. The predicted molar refractivity (Wildman–Crippen MR) is 89.9 cm³/mol. The Labute approximate surface area is 150 Å². The maximum atomic E-state index is 9.60. The lowest BCUT2D eigenvalue weighted by Gasteiger charge is -2.17. The van der Waals surface area contributed by atoms with Crippen LogP contribution in [0.4, 0.5) is 0 Å². The number of nitrogens with zero attached hydrogens (tertiary/aromatic N) is 3. The highest BCUT2D eigenvalue weighted by atomic mass is 35.5. The molecule has 0 amide bonds. The Morgan fingerprint density at radius 2 is 2.16 bits per heavy atom. The van der Waals surface area contributed by atoms with Crippen LogP contribution >= 0.6 is 11.6 Å². The van der Waals surface area contributed by atoms with E-state index >= 15 is 0 Å². The molecule has 0 aliphatic carbocycles. The van der Waals surface area contributed by atoms with Gasteiger partial charge in [0.25, 0.3) is 0 Å². The molecule has 4 unspecified atom stereocenters. The summed E-state index contributed by atoms with van der Waals surface area (Å²) in [4.78, 5) is 8.31. The number of rotatable bonds is 6. The molecule has 4 rings (SSSR count). The molecule has 2 fully saturated rings. The second-order valence-electron chi connectivity index (χ2n) is 7.20. The third-order valence-electron chi connectivity index (χ3n) is 4.00. The Kier molecular flexibility index (Phi) is 4.22. The molecule has 9 heteroatoms. The van der Waals surface area contributed by atoms with E-state index in [1.807, 2.05) is 31.4 Å². The van der Waals surface area contributed by atoms with E-state index in [-0.39, 0.29) is 29.5 Å². The van der Waals surface area contributed by atoms with Crippen molar-refractivity contribution < 1.29 is 19.3 Å². The SMILES string of the molecule is CC(C)(C)OC1OC1NCCn1c(C2OC2O)cc2cnc(Cl)nc21. The molecule has 4 atom stereocenters. The second-order valence-corrected chi connectivity index (χ2v) is 7.53. The lowest BCUT2D eigenvalue weighted by Crippen LogP contribution is -2.29. The lowest BCUT2D eigenvalue weighted by atomic mass is 10.2. The Balaban J connectivity index is 1.43. The van der Waals surface area contributed by atoms with E-state index in [4.69, 9.17) is 25.8 Å². The molecule has 0 saturated carbocycles. The highest BCUT2D eigenvalue weighted by molar-refractivity contribution is 6.28. The average molecular weight is 369 g/mol. The van der Waals surface area contributed by atoms with Gasteiger partial charge in [-0.1, -0.05) is 0 Å². The maximum Gasteiger partial charge on any atom is 0.224 e. The molecule has 136 valence electrons. The van der Waals surface area contributed by atoms with E-state index in [9.17, 15) is 5.11 Å². The van der Waals surface area contributed by atoms with Gasteiger partial charge in [0.15, 0.2) is 24.9 Å². The minimum Gasteiger partial charge on any atom is -0.365 e. The number of nitrogens with one attached hydrogen (secondary N) is 1. The fraction of sp³-hybridized carbons (Fsp3) is 0.625. The van der Waals surface area contributed by atoms with E-state index in [1.54, 1.807) is 6.20 Å². The smallest absolute Gasteiger partial charge is 0.224 e. The van der Waals surface area contributed by atoms with Gasteiger partial charge in [0.05, 0.1) is 11.3 Å². The first kappa shape index (κ1) is 17.1. The predicted octanol–water partition coefficient (Wildman–Crippen LogP) is 1.56. The molecule has 2 aliphatic heterocycles. The van der Waals surface area contributed by atoms with Crippen LogP contribution < -0.4 is 5.32 Å². The Bertz CT molecular complexity index is 790. The molecule has 0 aromatic carbocycles. The largest absolute Gasteiger partial charge is 0.365 e. The van der Waals surface area contributed by atoms with Gasteiger partial charge in [-0.15, -0.1) is 0 Å². The first-order chi connectivity index (χ1) is 11.8. The monoisotopic (exact) mass is 368 g/mol. The summed E-state index contributed by atoms with van der Waals surface area (Å²) in [5, 5.41) is 13.9. The van der Waals surface area contributed by atoms with Gasteiger partial charge in [-0.25, -0.2) is 4.98 Å². The van der Waals surface area contributed by atoms with Gasteiger partial charge in [-0.05, 0) is 38.4 Å². The molecule has 2 aliphatic rings. The van der Waals surface area contributed by atoms with Crippen LogP contribution in [0.15, 0.2) is 12.3 Å². The summed E-state index contributed by atoms with van der Waals surface area (Å²) in [6, 6.07) is 1.92. The van der Waals surface area contributed by atoms with E-state index in [2.05, 4.69) is 15.3 Å². The molecule has 2 aromatic heterocycles. The fourth-order valence-electron chi connectivity index (χ4n) is 2.83. The Morgan fingerprint density at radius 1 is 1.40 bits per heavy atom. The number of aliphatic hydroxyl groups is 1. The molecule has 8 nitrogen and oxygen atoms in total. The molecule has 2 aromatic rings. The van der Waals surface area contributed by atoms with Gasteiger partial charge in [-0.3, -0.25) is 5.32 Å². The van der Waals surface area contributed by atoms with Crippen molar-refractivity contribution in [2.45, 2.75) is 57.8 Å². The van der Waals surface area contributed by atoms with Gasteiger partial charge < -0.3 is 23.9 Å². The lowest BCUT2D eigenvalue weighted by molar-refractivity contribution is -0.0571. The van der Waals surface area contributed by atoms with Crippen molar-refractivity contribution in [1.29, 1.82) is 0 Å². The molecule has 0 radical (unpaired) electrons. The van der Waals surface area contributed by atoms with Gasteiger partial charge >= 0.3 is 0 Å². The van der Waals surface area contributed by atoms with Crippen LogP contribution in [0.2, 0.25) is 5.28 Å². The molecular formula is C16H21ClN4O4. The molecular weight excluding hydrogens is 348 g/mol. The standard InChI is InChI=1S/C16H21ClN4O4/c1-16(2,3)25-14-12(24-14)18-4-5-21-9(10-13(22)23-10)6-8-7-19-15(17)20-11(8)21/h6-7,10,12-14,18,22H,4-5H2,1-3H3. The molecule has 25 heavy (non-hydrogen) atoms. The number of hydrogen-bond acceptors (Lipinski definition) is 7. The summed E-state index contributed by atoms with van der Waals surface area (Å²) < 4.78 is 18.4. The van der Waals surface area contributed by atoms with Crippen LogP contribution in [0.5, 0.6) is 0 Å². The zero-order valence-electron chi connectivity index (χ0n) is 14.3. The van der Waals surface area contributed by atoms with Crippen LogP contribution in [-0.4, -0.2) is 50.6 Å². The van der Waals surface area contributed by atoms with Crippen molar-refractivity contribution in [3.63, 3.8) is 0 Å². The summed E-state index contributed by atoms with van der Waals surface area (Å²) in [5.41, 5.74) is 1.34. The normalized spacial score (nSPS) is 28.5. The summed E-state index contributed by atoms with van der Waals surface area (Å²) in [7, 11) is 0. The molecule has 2 N–H and O–H groups in total. The molecule has 0 bridgehead atoms. The highest BCUT2D eigenvalue weighted by Crippen LogP contribution is 2.39. The van der Waals surface area contributed by atoms with Gasteiger partial charge in [0, 0.05) is 24.7 Å². The number of hydrogen-bond donors (Lipinski definition) is 2. The zero-order valence-corrected chi connectivity index (χ0v) is 15.0. The van der Waals surface area contributed by atoms with Crippen LogP contribution in [0.25, 0.3) is 11.0 Å². The van der Waals surface area contributed by atoms with Gasteiger partial charge in [0.2, 0.25) is 5.28 Å². The quantitative estimate of drug-likeness (QED) is 0.589. The Hall–Kier alpha value is -1.29. The highest BCUT2D eigenvalue weighted by Gasteiger charge is 2.43. The number of fused-ring (bicyclic) bond motifs is 1. The number of epoxide rings is 2. The minimum absolute atomic E-state index is 0.106. The first-order valence-electron chi connectivity index (χ1n) is 8.24. The summed E-state index contributed by atoms with van der Waals surface area (Å²) in [6.45, 7) is 7.26. The third kappa shape index (κ3) is 3.79. The third-order valence-corrected chi connectivity index (χ3v) is 4.18. The summed E-state index contributed by atoms with van der Waals surface area (Å²) in [5.74, 6) is 0. The maximum absolute atomic E-state index is 9.60. The number of halogens is 1. The van der Waals surface area contributed by atoms with E-state index in [0.717, 1.165) is 16.7 Å². The second kappa shape index (κ2) is 6.15. The van der Waals surface area contributed by atoms with Crippen molar-refractivity contribution in [1.82, 2.24) is 19.9 Å². The van der Waals surface area contributed by atoms with Crippen LogP contribution in [0.3, 0.4) is 0 Å². The van der Waals surface area contributed by atoms with Crippen molar-refractivity contribution in [3.05, 3.63) is 23.2 Å². The Morgan fingerprint density at radius 3 is 2.84 bits per heavy atom. The van der Waals surface area contributed by atoms with Crippen molar-refractivity contribution in [2.75, 3.05) is 6.54 Å². The number of ether oxygens (including phenoxy) is 3. The van der Waals surface area contributed by atoms with Crippen molar-refractivity contribution in [3.8, 4) is 0 Å². The molecule has 0 spiro atoms. The van der Waals surface area contributed by atoms with Crippen LogP contribution in [-0.2, 0) is 20.8 Å². The van der Waals surface area contributed by atoms with Crippen LogP contribution in [0.1, 0.15) is 32.6 Å². The molecule has 2 saturated heterocycles. The fourth-order valence-corrected chi connectivity index (χ4v) is 2.96. The first-order valence-corrected chi connectivity index (χ1v) is 8.61. The van der Waals surface area contributed by atoms with Crippen LogP contribution in [0, 0.1) is 0 Å². The van der Waals surface area contributed by atoms with Gasteiger partial charge in [0.1, 0.15) is 5.65 Å². The van der Waals surface area contributed by atoms with Crippen molar-refractivity contribution >= 4 is 22.6 Å². The average Bonchev–Trinajstić information content (AvgIpc) is 3.38. The number of aliphatic hydroxyl groups excluding tert-OH is 1. The number of aromatic nitrogens is 3. The van der Waals surface area contributed by atoms with Crippen molar-refractivity contribution in [2.24, 2.45) is 0 Å². The molecule has 4 heterocycles. The van der Waals surface area contributed by atoms with Gasteiger partial charge in [-0.2, -0.15) is 4.98 Å². The topological polar surface area (TPSA) is 97.3 Å². The summed E-state index contributed by atoms with van der Waals surface area (Å²) in [6.07, 6.45) is 0.249. The van der Waals surface area contributed by atoms with E-state index in [1.165, 1.54) is 0 Å². The summed E-state index contributed by atoms with van der Waals surface area (Å²) >= 11 is 5.93. The van der Waals surface area contributed by atoms with E-state index < -0.39 is 6.29 Å².